The number of nitrogens with zero attached hydrogens (tertiary/aromatic N) is 1. The Bertz CT molecular complexity index is 1550. The van der Waals surface area contributed by atoms with Crippen molar-refractivity contribution < 1.29 is 27.1 Å². The molecule has 2 N–H and O–H groups in total. The van der Waals surface area contributed by atoms with Crippen molar-refractivity contribution in [1.29, 1.82) is 0 Å². The molecule has 186 valence electrons. The molecule has 0 saturated carbocycles. The Balaban J connectivity index is 1.31. The van der Waals surface area contributed by atoms with Crippen LogP contribution >= 0.6 is 0 Å². The number of hydrogen-bond acceptors (Lipinski definition) is 5. The molecule has 36 heavy (non-hydrogen) atoms. The van der Waals surface area contributed by atoms with E-state index >= 15 is 0 Å². The number of amides is 2. The second-order valence-corrected chi connectivity index (χ2v) is 10.5. The normalized spacial score (nSPS) is 12.6. The minimum Gasteiger partial charge on any atom is -0.454 e. The lowest BCUT2D eigenvalue weighted by Crippen LogP contribution is -2.32. The molecular weight excluding hydrogens is 485 g/mol. The summed E-state index contributed by atoms with van der Waals surface area (Å²) in [6, 6.07) is 17.9. The zero-order valence-electron chi connectivity index (χ0n) is 19.5. The molecule has 0 atom stereocenters. The van der Waals surface area contributed by atoms with Crippen LogP contribution in [0.2, 0.25) is 0 Å². The van der Waals surface area contributed by atoms with Crippen molar-refractivity contribution in [3.05, 3.63) is 83.8 Å². The highest BCUT2D eigenvalue weighted by molar-refractivity contribution is 7.91. The van der Waals surface area contributed by atoms with Gasteiger partial charge in [-0.15, -0.1) is 0 Å². The number of carbonyl (C=O) groups excluding carboxylic acids is 1. The summed E-state index contributed by atoms with van der Waals surface area (Å²) in [4.78, 5) is 12.6. The van der Waals surface area contributed by atoms with E-state index in [1.165, 1.54) is 12.1 Å². The van der Waals surface area contributed by atoms with Gasteiger partial charge >= 0.3 is 6.03 Å². The zero-order chi connectivity index (χ0) is 25.3. The molecule has 0 fully saturated rings. The Labute approximate surface area is 207 Å². The summed E-state index contributed by atoms with van der Waals surface area (Å²) in [6.07, 6.45) is 0. The molecule has 4 aromatic rings. The van der Waals surface area contributed by atoms with Crippen molar-refractivity contribution in [3.63, 3.8) is 0 Å². The van der Waals surface area contributed by atoms with Crippen molar-refractivity contribution in [3.8, 4) is 11.5 Å². The number of aromatic nitrogens is 1. The van der Waals surface area contributed by atoms with E-state index in [9.17, 15) is 17.6 Å². The van der Waals surface area contributed by atoms with Gasteiger partial charge in [0.25, 0.3) is 0 Å². The lowest BCUT2D eigenvalue weighted by atomic mass is 10.2. The average molecular weight is 510 g/mol. The fourth-order valence-electron chi connectivity index (χ4n) is 4.32. The third-order valence-corrected chi connectivity index (χ3v) is 7.90. The number of hydrogen-bond donors (Lipinski definition) is 2. The van der Waals surface area contributed by atoms with E-state index in [4.69, 9.17) is 9.47 Å². The first-order valence-electron chi connectivity index (χ1n) is 11.3. The summed E-state index contributed by atoms with van der Waals surface area (Å²) >= 11 is 0. The molecule has 1 aliphatic rings. The number of carbonyl (C=O) groups is 1. The SMILES string of the molecule is Cc1c(S(=O)(=O)CCNC(=O)Nc2ccc3c(c2)OCO3)c2ccccc2n1Cc1ccc(F)cc1. The summed E-state index contributed by atoms with van der Waals surface area (Å²) in [5.41, 5.74) is 2.71. The van der Waals surface area contributed by atoms with Crippen LogP contribution < -0.4 is 20.1 Å². The zero-order valence-corrected chi connectivity index (χ0v) is 20.3. The summed E-state index contributed by atoms with van der Waals surface area (Å²) in [5, 5.41) is 5.88. The van der Waals surface area contributed by atoms with E-state index in [1.807, 2.05) is 16.7 Å². The Morgan fingerprint density at radius 2 is 1.78 bits per heavy atom. The molecule has 8 nitrogen and oxygen atoms in total. The van der Waals surface area contributed by atoms with Crippen molar-refractivity contribution in [1.82, 2.24) is 9.88 Å². The molecule has 2 heterocycles. The quantitative estimate of drug-likeness (QED) is 0.383. The van der Waals surface area contributed by atoms with Gasteiger partial charge < -0.3 is 24.7 Å². The van der Waals surface area contributed by atoms with Crippen LogP contribution in [0.4, 0.5) is 14.9 Å². The average Bonchev–Trinajstić information content (AvgIpc) is 3.42. The molecule has 0 spiro atoms. The maximum Gasteiger partial charge on any atom is 0.319 e. The number of nitrogens with one attached hydrogen (secondary N) is 2. The summed E-state index contributed by atoms with van der Waals surface area (Å²) in [6.45, 7) is 2.21. The number of benzene rings is 3. The van der Waals surface area contributed by atoms with Gasteiger partial charge in [0, 0.05) is 41.4 Å². The highest BCUT2D eigenvalue weighted by Gasteiger charge is 2.25. The van der Waals surface area contributed by atoms with E-state index in [0.717, 1.165) is 11.1 Å². The topological polar surface area (TPSA) is 98.7 Å². The lowest BCUT2D eigenvalue weighted by molar-refractivity contribution is 0.174. The molecule has 2 amide bonds. The van der Waals surface area contributed by atoms with E-state index in [1.54, 1.807) is 49.4 Å². The van der Waals surface area contributed by atoms with Gasteiger partial charge in [-0.05, 0) is 42.8 Å². The third-order valence-electron chi connectivity index (χ3n) is 6.02. The van der Waals surface area contributed by atoms with E-state index in [0.29, 0.717) is 34.8 Å². The van der Waals surface area contributed by atoms with Crippen LogP contribution in [0, 0.1) is 12.7 Å². The second kappa shape index (κ2) is 9.54. The van der Waals surface area contributed by atoms with Gasteiger partial charge in [0.15, 0.2) is 21.3 Å². The molecule has 0 unspecified atom stereocenters. The summed E-state index contributed by atoms with van der Waals surface area (Å²) < 4.78 is 52.6. The fourth-order valence-corrected chi connectivity index (χ4v) is 5.96. The minimum atomic E-state index is -3.73. The Morgan fingerprint density at radius 3 is 2.58 bits per heavy atom. The maximum atomic E-state index is 13.4. The summed E-state index contributed by atoms with van der Waals surface area (Å²) in [5.74, 6) is 0.530. The number of sulfone groups is 1. The Morgan fingerprint density at radius 1 is 1.03 bits per heavy atom. The van der Waals surface area contributed by atoms with Gasteiger partial charge in [0.05, 0.1) is 10.6 Å². The molecule has 0 bridgehead atoms. The number of ether oxygens (including phenoxy) is 2. The number of urea groups is 1. The van der Waals surface area contributed by atoms with Crippen LogP contribution in [0.5, 0.6) is 11.5 Å². The van der Waals surface area contributed by atoms with Crippen molar-refractivity contribution >= 4 is 32.5 Å². The Hall–Kier alpha value is -4.05. The van der Waals surface area contributed by atoms with Crippen molar-refractivity contribution in [2.45, 2.75) is 18.4 Å². The van der Waals surface area contributed by atoms with Crippen molar-refractivity contribution in [2.24, 2.45) is 0 Å². The lowest BCUT2D eigenvalue weighted by Gasteiger charge is -2.10. The first kappa shape index (κ1) is 23.7. The molecule has 10 heteroatoms. The number of rotatable bonds is 7. The van der Waals surface area contributed by atoms with Gasteiger partial charge in [-0.25, -0.2) is 17.6 Å². The van der Waals surface area contributed by atoms with Gasteiger partial charge in [-0.3, -0.25) is 0 Å². The maximum absolute atomic E-state index is 13.4. The third kappa shape index (κ3) is 4.72. The highest BCUT2D eigenvalue weighted by Crippen LogP contribution is 2.34. The number of fused-ring (bicyclic) bond motifs is 2. The summed E-state index contributed by atoms with van der Waals surface area (Å²) in [7, 11) is -3.73. The van der Waals surface area contributed by atoms with E-state index < -0.39 is 15.9 Å². The fraction of sp³-hybridized carbons (Fsp3) is 0.192. The highest BCUT2D eigenvalue weighted by atomic mass is 32.2. The molecule has 0 aliphatic carbocycles. The molecule has 1 aromatic heterocycles. The van der Waals surface area contributed by atoms with Crippen LogP contribution in [0.3, 0.4) is 0 Å². The number of anilines is 1. The van der Waals surface area contributed by atoms with Crippen LogP contribution in [0.15, 0.2) is 71.6 Å². The van der Waals surface area contributed by atoms with E-state index in [2.05, 4.69) is 10.6 Å². The molecule has 1 aliphatic heterocycles. The van der Waals surface area contributed by atoms with Crippen LogP contribution in [-0.2, 0) is 16.4 Å². The smallest absolute Gasteiger partial charge is 0.319 e. The van der Waals surface area contributed by atoms with Gasteiger partial charge in [0.1, 0.15) is 5.82 Å². The van der Waals surface area contributed by atoms with Gasteiger partial charge in [-0.1, -0.05) is 30.3 Å². The van der Waals surface area contributed by atoms with Gasteiger partial charge in [0.2, 0.25) is 6.79 Å². The first-order chi connectivity index (χ1) is 17.3. The molecule has 0 radical (unpaired) electrons. The second-order valence-electron chi connectivity index (χ2n) is 8.41. The Kier molecular flexibility index (Phi) is 6.27. The van der Waals surface area contributed by atoms with Crippen LogP contribution in [0.25, 0.3) is 10.9 Å². The molecule has 3 aromatic carbocycles. The van der Waals surface area contributed by atoms with Crippen LogP contribution in [-0.4, -0.2) is 38.1 Å². The molecule has 0 saturated heterocycles. The van der Waals surface area contributed by atoms with E-state index in [-0.39, 0.29) is 29.8 Å². The number of para-hydroxylation sites is 1. The van der Waals surface area contributed by atoms with Gasteiger partial charge in [-0.2, -0.15) is 0 Å². The predicted octanol–water partition coefficient (Wildman–Crippen LogP) is 4.46. The predicted molar refractivity (Wildman–Crippen MR) is 134 cm³/mol. The minimum absolute atomic E-state index is 0.0738. The largest absolute Gasteiger partial charge is 0.454 e. The van der Waals surface area contributed by atoms with Crippen molar-refractivity contribution in [2.75, 3.05) is 24.4 Å². The standard InChI is InChI=1S/C26H24FN3O5S/c1-17-25(21-4-2-3-5-22(21)30(17)15-18-6-8-19(27)9-7-18)36(32,33)13-12-28-26(31)29-20-10-11-23-24(14-20)35-16-34-23/h2-11,14H,12-13,15-16H2,1H3,(H2,28,29,31). The first-order valence-corrected chi connectivity index (χ1v) is 13.0. The molecular formula is C26H24FN3O5S. The molecule has 5 rings (SSSR count). The van der Waals surface area contributed by atoms with Crippen LogP contribution in [0.1, 0.15) is 11.3 Å². The number of halogens is 1. The monoisotopic (exact) mass is 509 g/mol.